The highest BCUT2D eigenvalue weighted by molar-refractivity contribution is 5.77. The Kier molecular flexibility index (Phi) is 5.51. The van der Waals surface area contributed by atoms with Crippen molar-refractivity contribution in [1.29, 1.82) is 0 Å². The van der Waals surface area contributed by atoms with Gasteiger partial charge in [0.25, 0.3) is 5.91 Å². The van der Waals surface area contributed by atoms with E-state index in [1.54, 1.807) is 0 Å². The van der Waals surface area contributed by atoms with Crippen LogP contribution in [0.2, 0.25) is 0 Å². The first-order valence-corrected chi connectivity index (χ1v) is 8.96. The molecular weight excluding hydrogens is 304 g/mol. The second-order valence-corrected chi connectivity index (χ2v) is 6.94. The van der Waals surface area contributed by atoms with Gasteiger partial charge < -0.3 is 15.0 Å². The van der Waals surface area contributed by atoms with Gasteiger partial charge in [0.05, 0.1) is 32.2 Å². The van der Waals surface area contributed by atoms with Gasteiger partial charge in [-0.05, 0) is 30.4 Å². The first-order chi connectivity index (χ1) is 11.7. The van der Waals surface area contributed by atoms with Crippen molar-refractivity contribution >= 4 is 11.9 Å². The van der Waals surface area contributed by atoms with Crippen molar-refractivity contribution < 1.29 is 19.2 Å². The molecule has 3 rings (SSSR count). The number of ether oxygens (including phenoxy) is 1. The van der Waals surface area contributed by atoms with Crippen molar-refractivity contribution in [2.45, 2.75) is 38.1 Å². The van der Waals surface area contributed by atoms with E-state index in [0.717, 1.165) is 45.2 Å². The molecular formula is C19H27N2O3+. The molecule has 130 valence electrons. The maximum atomic E-state index is 12.4. The van der Waals surface area contributed by atoms with Crippen LogP contribution in [0.15, 0.2) is 24.3 Å². The summed E-state index contributed by atoms with van der Waals surface area (Å²) in [5.74, 6) is 0.00701. The first-order valence-electron chi connectivity index (χ1n) is 8.96. The molecule has 2 N–H and O–H groups in total. The Morgan fingerprint density at radius 2 is 1.96 bits per heavy atom. The number of methoxy groups -OCH3 is 1. The maximum Gasteiger partial charge on any atom is 0.309 e. The summed E-state index contributed by atoms with van der Waals surface area (Å²) in [6, 6.07) is 8.56. The molecule has 1 amide bonds. The Bertz CT molecular complexity index is 594. The van der Waals surface area contributed by atoms with Gasteiger partial charge in [-0.15, -0.1) is 0 Å². The van der Waals surface area contributed by atoms with Crippen LogP contribution in [0.3, 0.4) is 0 Å². The lowest BCUT2D eigenvalue weighted by molar-refractivity contribution is -0.897. The molecule has 1 heterocycles. The molecule has 5 nitrogen and oxygen atoms in total. The van der Waals surface area contributed by atoms with E-state index in [0.29, 0.717) is 6.54 Å². The monoisotopic (exact) mass is 331 g/mol. The normalized spacial score (nSPS) is 26.3. The van der Waals surface area contributed by atoms with Crippen LogP contribution in [0.4, 0.5) is 0 Å². The largest absolute Gasteiger partial charge is 0.469 e. The van der Waals surface area contributed by atoms with E-state index in [-0.39, 0.29) is 23.8 Å². The summed E-state index contributed by atoms with van der Waals surface area (Å²) < 4.78 is 4.81. The number of amides is 1. The van der Waals surface area contributed by atoms with Crippen LogP contribution < -0.4 is 10.2 Å². The fourth-order valence-electron chi connectivity index (χ4n) is 3.98. The van der Waals surface area contributed by atoms with E-state index in [2.05, 4.69) is 23.5 Å². The number of aryl methyl sites for hydroxylation is 1. The van der Waals surface area contributed by atoms with Gasteiger partial charge in [0, 0.05) is 12.8 Å². The number of likely N-dealkylation sites (tertiary alicyclic amines) is 1. The predicted molar refractivity (Wildman–Crippen MR) is 90.6 cm³/mol. The van der Waals surface area contributed by atoms with Gasteiger partial charge in [0.1, 0.15) is 0 Å². The molecule has 1 aliphatic heterocycles. The number of benzene rings is 1. The predicted octanol–water partition coefficient (Wildman–Crippen LogP) is 0.648. The van der Waals surface area contributed by atoms with Gasteiger partial charge in [0.15, 0.2) is 6.54 Å². The molecule has 1 fully saturated rings. The minimum absolute atomic E-state index is 0.00651. The highest BCUT2D eigenvalue weighted by Gasteiger charge is 2.30. The third-order valence-electron chi connectivity index (χ3n) is 5.34. The lowest BCUT2D eigenvalue weighted by Gasteiger charge is -2.29. The van der Waals surface area contributed by atoms with Crippen LogP contribution in [0.1, 0.15) is 42.9 Å². The molecule has 1 atom stereocenters. The van der Waals surface area contributed by atoms with E-state index in [4.69, 9.17) is 4.74 Å². The molecule has 0 radical (unpaired) electrons. The summed E-state index contributed by atoms with van der Waals surface area (Å²) in [5, 5.41) is 3.22. The van der Waals surface area contributed by atoms with Crippen LogP contribution in [-0.2, 0) is 20.7 Å². The summed E-state index contributed by atoms with van der Waals surface area (Å²) in [7, 11) is 1.44. The van der Waals surface area contributed by atoms with Crippen molar-refractivity contribution in [3.8, 4) is 0 Å². The molecule has 5 heteroatoms. The van der Waals surface area contributed by atoms with E-state index in [1.165, 1.54) is 23.1 Å². The van der Waals surface area contributed by atoms with Crippen molar-refractivity contribution in [2.24, 2.45) is 5.92 Å². The fraction of sp³-hybridized carbons (Fsp3) is 0.579. The zero-order valence-electron chi connectivity index (χ0n) is 14.3. The fourth-order valence-corrected chi connectivity index (χ4v) is 3.98. The second kappa shape index (κ2) is 7.79. The van der Waals surface area contributed by atoms with Crippen LogP contribution >= 0.6 is 0 Å². The van der Waals surface area contributed by atoms with Gasteiger partial charge in [-0.3, -0.25) is 9.59 Å². The van der Waals surface area contributed by atoms with Crippen LogP contribution in [0.25, 0.3) is 0 Å². The standard InChI is InChI=1S/C19H26N2O3/c1-24-19(23)15-9-11-21(12-10-15)13-18(22)20-17-8-4-6-14-5-2-3-7-16(14)17/h2-3,5,7,15,17H,4,6,8-13H2,1H3,(H,20,22)/p+1/t17-/m1/s1. The Labute approximate surface area is 143 Å². The highest BCUT2D eigenvalue weighted by atomic mass is 16.5. The molecule has 1 saturated heterocycles. The smallest absolute Gasteiger partial charge is 0.309 e. The van der Waals surface area contributed by atoms with Crippen LogP contribution in [-0.4, -0.2) is 38.6 Å². The SMILES string of the molecule is COC(=O)C1CC[NH+](CC(=O)N[C@@H]2CCCc3ccccc32)CC1. The molecule has 0 saturated carbocycles. The Hall–Kier alpha value is -1.88. The Balaban J connectivity index is 1.50. The number of esters is 1. The summed E-state index contributed by atoms with van der Waals surface area (Å²) >= 11 is 0. The number of carbonyl (C=O) groups is 2. The first kappa shape index (κ1) is 17.0. The number of hydrogen-bond acceptors (Lipinski definition) is 3. The van der Waals surface area contributed by atoms with Crippen molar-refractivity contribution in [3.05, 3.63) is 35.4 Å². The van der Waals surface area contributed by atoms with E-state index >= 15 is 0 Å². The minimum atomic E-state index is -0.114. The molecule has 1 aliphatic carbocycles. The van der Waals surface area contributed by atoms with Crippen molar-refractivity contribution in [3.63, 3.8) is 0 Å². The topological polar surface area (TPSA) is 59.8 Å². The van der Waals surface area contributed by atoms with E-state index in [9.17, 15) is 9.59 Å². The number of carbonyl (C=O) groups excluding carboxylic acids is 2. The number of piperidine rings is 1. The molecule has 1 aromatic carbocycles. The lowest BCUT2D eigenvalue weighted by atomic mass is 9.88. The van der Waals surface area contributed by atoms with Crippen LogP contribution in [0.5, 0.6) is 0 Å². The Morgan fingerprint density at radius 1 is 1.21 bits per heavy atom. The molecule has 2 aliphatic rings. The number of nitrogens with one attached hydrogen (secondary N) is 2. The maximum absolute atomic E-state index is 12.4. The van der Waals surface area contributed by atoms with Crippen molar-refractivity contribution in [2.75, 3.05) is 26.7 Å². The molecule has 24 heavy (non-hydrogen) atoms. The molecule has 0 spiro atoms. The van der Waals surface area contributed by atoms with E-state index in [1.807, 2.05) is 6.07 Å². The highest BCUT2D eigenvalue weighted by Crippen LogP contribution is 2.29. The number of quaternary nitrogens is 1. The number of fused-ring (bicyclic) bond motifs is 1. The zero-order valence-corrected chi connectivity index (χ0v) is 14.3. The summed E-state index contributed by atoms with van der Waals surface area (Å²) in [6.07, 6.45) is 4.86. The van der Waals surface area contributed by atoms with Crippen molar-refractivity contribution in [1.82, 2.24) is 5.32 Å². The molecule has 0 bridgehead atoms. The third-order valence-corrected chi connectivity index (χ3v) is 5.34. The van der Waals surface area contributed by atoms with Crippen LogP contribution in [0, 0.1) is 5.92 Å². The van der Waals surface area contributed by atoms with Gasteiger partial charge in [-0.2, -0.15) is 0 Å². The van der Waals surface area contributed by atoms with Gasteiger partial charge >= 0.3 is 5.97 Å². The summed E-state index contributed by atoms with van der Waals surface area (Å²) in [5.41, 5.74) is 2.64. The number of hydrogen-bond donors (Lipinski definition) is 2. The molecule has 1 aromatic rings. The lowest BCUT2D eigenvalue weighted by Crippen LogP contribution is -3.14. The average Bonchev–Trinajstić information content (AvgIpc) is 2.62. The second-order valence-electron chi connectivity index (χ2n) is 6.94. The molecule has 0 unspecified atom stereocenters. The minimum Gasteiger partial charge on any atom is -0.469 e. The average molecular weight is 331 g/mol. The van der Waals surface area contributed by atoms with Gasteiger partial charge in [-0.25, -0.2) is 0 Å². The molecule has 0 aromatic heterocycles. The summed E-state index contributed by atoms with van der Waals surface area (Å²) in [4.78, 5) is 25.3. The number of rotatable bonds is 4. The third kappa shape index (κ3) is 3.96. The van der Waals surface area contributed by atoms with Gasteiger partial charge in [0.2, 0.25) is 0 Å². The zero-order chi connectivity index (χ0) is 16.9. The van der Waals surface area contributed by atoms with Gasteiger partial charge in [-0.1, -0.05) is 24.3 Å². The summed E-state index contributed by atoms with van der Waals surface area (Å²) in [6.45, 7) is 2.20. The Morgan fingerprint density at radius 3 is 2.71 bits per heavy atom. The van der Waals surface area contributed by atoms with E-state index < -0.39 is 0 Å². The quantitative estimate of drug-likeness (QED) is 0.797.